The molecule has 1 aliphatic heterocycles. The quantitative estimate of drug-likeness (QED) is 0.943. The Bertz CT molecular complexity index is 689. The molecule has 0 bridgehead atoms. The Kier molecular flexibility index (Phi) is 4.12. The minimum absolute atomic E-state index is 0.346. The van der Waals surface area contributed by atoms with Gasteiger partial charge in [0.05, 0.1) is 16.8 Å². The number of likely N-dealkylation sites (tertiary alicyclic amines) is 1. The first-order valence-electron chi connectivity index (χ1n) is 7.87. The highest BCUT2D eigenvalue weighted by molar-refractivity contribution is 6.02. The minimum Gasteiger partial charge on any atom is -0.478 e. The summed E-state index contributed by atoms with van der Waals surface area (Å²) in [7, 11) is 0. The fourth-order valence-electron chi connectivity index (χ4n) is 3.64. The highest BCUT2D eigenvalue weighted by Crippen LogP contribution is 2.24. The molecule has 0 spiro atoms. The minimum atomic E-state index is -0.889. The van der Waals surface area contributed by atoms with Gasteiger partial charge in [-0.1, -0.05) is 32.0 Å². The van der Waals surface area contributed by atoms with E-state index in [-0.39, 0.29) is 0 Å². The number of carboxylic acid groups (broad SMARTS) is 1. The summed E-state index contributed by atoms with van der Waals surface area (Å²) >= 11 is 0. The van der Waals surface area contributed by atoms with E-state index in [9.17, 15) is 9.90 Å². The normalized spacial score (nSPS) is 22.8. The van der Waals surface area contributed by atoms with E-state index in [2.05, 4.69) is 23.7 Å². The van der Waals surface area contributed by atoms with Crippen molar-refractivity contribution in [1.29, 1.82) is 0 Å². The van der Waals surface area contributed by atoms with Crippen LogP contribution in [-0.4, -0.2) is 34.0 Å². The standard InChI is InChI=1S/C18H22N2O2/c1-12-7-13(2)10-20(9-12)11-14-8-16(18(21)22)15-5-3-4-6-17(15)19-14/h3-6,8,12-13H,7,9-11H2,1-2H3,(H,21,22). The van der Waals surface area contributed by atoms with Crippen molar-refractivity contribution in [3.8, 4) is 0 Å². The molecule has 4 heteroatoms. The fraction of sp³-hybridized carbons (Fsp3) is 0.444. The van der Waals surface area contributed by atoms with E-state index in [0.29, 0.717) is 22.8 Å². The largest absolute Gasteiger partial charge is 0.478 e. The third-order valence-electron chi connectivity index (χ3n) is 4.33. The molecule has 1 aromatic heterocycles. The van der Waals surface area contributed by atoms with Crippen molar-refractivity contribution in [2.75, 3.05) is 13.1 Å². The average Bonchev–Trinajstić information content (AvgIpc) is 2.45. The molecule has 1 saturated heterocycles. The number of para-hydroxylation sites is 1. The number of carboxylic acids is 1. The second kappa shape index (κ2) is 6.05. The summed E-state index contributed by atoms with van der Waals surface area (Å²) in [5.41, 5.74) is 1.95. The zero-order valence-corrected chi connectivity index (χ0v) is 13.1. The third-order valence-corrected chi connectivity index (χ3v) is 4.33. The highest BCUT2D eigenvalue weighted by Gasteiger charge is 2.22. The number of pyridine rings is 1. The van der Waals surface area contributed by atoms with E-state index < -0.39 is 5.97 Å². The first-order valence-corrected chi connectivity index (χ1v) is 7.87. The van der Waals surface area contributed by atoms with E-state index in [1.807, 2.05) is 24.3 Å². The molecule has 1 fully saturated rings. The second-order valence-electron chi connectivity index (χ2n) is 6.62. The van der Waals surface area contributed by atoms with Crippen molar-refractivity contribution >= 4 is 16.9 Å². The van der Waals surface area contributed by atoms with Crippen molar-refractivity contribution in [2.24, 2.45) is 11.8 Å². The molecule has 0 saturated carbocycles. The maximum Gasteiger partial charge on any atom is 0.336 e. The van der Waals surface area contributed by atoms with Crippen LogP contribution < -0.4 is 0 Å². The molecule has 1 N–H and O–H groups in total. The number of piperidine rings is 1. The first kappa shape index (κ1) is 15.0. The van der Waals surface area contributed by atoms with Gasteiger partial charge in [0.1, 0.15) is 0 Å². The Hall–Kier alpha value is -1.94. The van der Waals surface area contributed by atoms with E-state index in [1.54, 1.807) is 6.07 Å². The Morgan fingerprint density at radius 1 is 1.27 bits per heavy atom. The lowest BCUT2D eigenvalue weighted by atomic mass is 9.92. The van der Waals surface area contributed by atoms with E-state index >= 15 is 0 Å². The zero-order chi connectivity index (χ0) is 15.7. The van der Waals surface area contributed by atoms with Crippen LogP contribution >= 0.6 is 0 Å². The van der Waals surface area contributed by atoms with Gasteiger partial charge in [-0.05, 0) is 30.4 Å². The van der Waals surface area contributed by atoms with Gasteiger partial charge in [-0.25, -0.2) is 4.79 Å². The number of fused-ring (bicyclic) bond motifs is 1. The predicted molar refractivity (Wildman–Crippen MR) is 86.9 cm³/mol. The number of hydrogen-bond acceptors (Lipinski definition) is 3. The summed E-state index contributed by atoms with van der Waals surface area (Å²) in [5, 5.41) is 10.2. The lowest BCUT2D eigenvalue weighted by molar-refractivity contribution is 0.0698. The maximum atomic E-state index is 11.5. The van der Waals surface area contributed by atoms with Crippen molar-refractivity contribution < 1.29 is 9.90 Å². The Morgan fingerprint density at radius 3 is 2.64 bits per heavy atom. The average molecular weight is 298 g/mol. The lowest BCUT2D eigenvalue weighted by Gasteiger charge is -2.34. The van der Waals surface area contributed by atoms with Crippen LogP contribution in [-0.2, 0) is 6.54 Å². The van der Waals surface area contributed by atoms with Crippen LogP contribution in [0.2, 0.25) is 0 Å². The van der Waals surface area contributed by atoms with Crippen LogP contribution in [0.3, 0.4) is 0 Å². The number of aromatic nitrogens is 1. The van der Waals surface area contributed by atoms with Gasteiger partial charge in [0.2, 0.25) is 0 Å². The third kappa shape index (κ3) is 3.12. The number of aromatic carboxylic acids is 1. The number of nitrogens with zero attached hydrogens (tertiary/aromatic N) is 2. The zero-order valence-electron chi connectivity index (χ0n) is 13.1. The monoisotopic (exact) mass is 298 g/mol. The molecule has 2 heterocycles. The molecular formula is C18H22N2O2. The Labute approximate surface area is 130 Å². The van der Waals surface area contributed by atoms with Gasteiger partial charge >= 0.3 is 5.97 Å². The van der Waals surface area contributed by atoms with Crippen LogP contribution in [0.5, 0.6) is 0 Å². The Balaban J connectivity index is 1.92. The number of benzene rings is 1. The van der Waals surface area contributed by atoms with Gasteiger partial charge in [0.15, 0.2) is 0 Å². The lowest BCUT2D eigenvalue weighted by Crippen LogP contribution is -2.38. The maximum absolute atomic E-state index is 11.5. The van der Waals surface area contributed by atoms with Gasteiger partial charge in [0, 0.05) is 25.0 Å². The van der Waals surface area contributed by atoms with Gasteiger partial charge in [-0.15, -0.1) is 0 Å². The second-order valence-corrected chi connectivity index (χ2v) is 6.62. The van der Waals surface area contributed by atoms with E-state index in [0.717, 1.165) is 30.8 Å². The SMILES string of the molecule is CC1CC(C)CN(Cc2cc(C(=O)O)c3ccccc3n2)C1. The van der Waals surface area contributed by atoms with E-state index in [1.165, 1.54) is 6.42 Å². The van der Waals surface area contributed by atoms with Gasteiger partial charge in [-0.2, -0.15) is 0 Å². The number of hydrogen-bond donors (Lipinski definition) is 1. The topological polar surface area (TPSA) is 53.4 Å². The van der Waals surface area contributed by atoms with Crippen LogP contribution in [0.1, 0.15) is 36.3 Å². The fourth-order valence-corrected chi connectivity index (χ4v) is 3.64. The van der Waals surface area contributed by atoms with Crippen LogP contribution in [0.15, 0.2) is 30.3 Å². The smallest absolute Gasteiger partial charge is 0.336 e. The molecular weight excluding hydrogens is 276 g/mol. The van der Waals surface area contributed by atoms with E-state index in [4.69, 9.17) is 0 Å². The predicted octanol–water partition coefficient (Wildman–Crippen LogP) is 3.41. The number of carbonyl (C=O) groups is 1. The molecule has 4 nitrogen and oxygen atoms in total. The molecule has 1 aliphatic rings. The van der Waals surface area contributed by atoms with Gasteiger partial charge < -0.3 is 5.11 Å². The Morgan fingerprint density at radius 2 is 1.95 bits per heavy atom. The van der Waals surface area contributed by atoms with Crippen LogP contribution in [0.25, 0.3) is 10.9 Å². The molecule has 0 aliphatic carbocycles. The van der Waals surface area contributed by atoms with Crippen molar-refractivity contribution in [1.82, 2.24) is 9.88 Å². The molecule has 22 heavy (non-hydrogen) atoms. The van der Waals surface area contributed by atoms with Gasteiger partial charge in [-0.3, -0.25) is 9.88 Å². The molecule has 0 radical (unpaired) electrons. The van der Waals surface area contributed by atoms with Crippen LogP contribution in [0.4, 0.5) is 0 Å². The molecule has 3 rings (SSSR count). The summed E-state index contributed by atoms with van der Waals surface area (Å²) in [6.45, 7) is 7.39. The van der Waals surface area contributed by atoms with Crippen LogP contribution in [0, 0.1) is 11.8 Å². The molecule has 0 amide bonds. The summed E-state index contributed by atoms with van der Waals surface area (Å²) in [6, 6.07) is 9.18. The molecule has 1 aromatic carbocycles. The van der Waals surface area contributed by atoms with Crippen molar-refractivity contribution in [3.05, 3.63) is 41.6 Å². The molecule has 2 unspecified atom stereocenters. The summed E-state index contributed by atoms with van der Waals surface area (Å²) in [6.07, 6.45) is 1.27. The molecule has 2 atom stereocenters. The summed E-state index contributed by atoms with van der Waals surface area (Å²) in [5.74, 6) is 0.478. The summed E-state index contributed by atoms with van der Waals surface area (Å²) < 4.78 is 0. The van der Waals surface area contributed by atoms with Gasteiger partial charge in [0.25, 0.3) is 0 Å². The molecule has 2 aromatic rings. The van der Waals surface area contributed by atoms with Crippen molar-refractivity contribution in [3.63, 3.8) is 0 Å². The van der Waals surface area contributed by atoms with Crippen molar-refractivity contribution in [2.45, 2.75) is 26.8 Å². The summed E-state index contributed by atoms with van der Waals surface area (Å²) in [4.78, 5) is 18.6. The number of rotatable bonds is 3. The highest BCUT2D eigenvalue weighted by atomic mass is 16.4. The first-order chi connectivity index (χ1) is 10.5. The molecule has 116 valence electrons.